The lowest BCUT2D eigenvalue weighted by molar-refractivity contribution is 0.0784. The lowest BCUT2D eigenvalue weighted by atomic mass is 10.2. The topological polar surface area (TPSA) is 38.4 Å². The molecule has 0 spiro atoms. The molecule has 1 amide bonds. The SMILES string of the molecule is Cc1cc(C(=O)N(C)Cc2ccccc2)c(C)n1Cc1ccco1. The first-order valence-electron chi connectivity index (χ1n) is 8.04. The van der Waals surface area contributed by atoms with Gasteiger partial charge in [-0.3, -0.25) is 4.79 Å². The number of carbonyl (C=O) groups excluding carboxylic acids is 1. The second-order valence-corrected chi connectivity index (χ2v) is 6.10. The maximum absolute atomic E-state index is 12.8. The molecule has 0 aliphatic carbocycles. The molecule has 1 aromatic carbocycles. The summed E-state index contributed by atoms with van der Waals surface area (Å²) in [4.78, 5) is 14.6. The Bertz CT molecular complexity index is 817. The smallest absolute Gasteiger partial charge is 0.255 e. The van der Waals surface area contributed by atoms with Gasteiger partial charge in [0.15, 0.2) is 0 Å². The number of hydrogen-bond donors (Lipinski definition) is 0. The fourth-order valence-corrected chi connectivity index (χ4v) is 2.95. The van der Waals surface area contributed by atoms with Gasteiger partial charge in [-0.25, -0.2) is 0 Å². The predicted molar refractivity (Wildman–Crippen MR) is 94.0 cm³/mol. The van der Waals surface area contributed by atoms with Crippen LogP contribution in [0.1, 0.15) is 33.1 Å². The molecule has 0 atom stereocenters. The predicted octanol–water partition coefficient (Wildman–Crippen LogP) is 4.02. The van der Waals surface area contributed by atoms with E-state index in [-0.39, 0.29) is 5.91 Å². The molecule has 0 saturated carbocycles. The van der Waals surface area contributed by atoms with Crippen LogP contribution < -0.4 is 0 Å². The minimum absolute atomic E-state index is 0.0395. The highest BCUT2D eigenvalue weighted by Crippen LogP contribution is 2.19. The monoisotopic (exact) mass is 322 g/mol. The van der Waals surface area contributed by atoms with Crippen LogP contribution in [0.5, 0.6) is 0 Å². The van der Waals surface area contributed by atoms with Gasteiger partial charge in [0.1, 0.15) is 5.76 Å². The van der Waals surface area contributed by atoms with E-state index in [0.717, 1.165) is 28.3 Å². The fraction of sp³-hybridized carbons (Fsp3) is 0.250. The molecule has 0 aliphatic heterocycles. The van der Waals surface area contributed by atoms with E-state index in [1.54, 1.807) is 11.2 Å². The summed E-state index contributed by atoms with van der Waals surface area (Å²) in [5.74, 6) is 0.922. The molecule has 0 aliphatic rings. The molecular weight excluding hydrogens is 300 g/mol. The van der Waals surface area contributed by atoms with Crippen LogP contribution in [-0.2, 0) is 13.1 Å². The summed E-state index contributed by atoms with van der Waals surface area (Å²) in [6.45, 7) is 5.24. The van der Waals surface area contributed by atoms with E-state index in [0.29, 0.717) is 13.1 Å². The summed E-state index contributed by atoms with van der Waals surface area (Å²) in [6.07, 6.45) is 1.67. The summed E-state index contributed by atoms with van der Waals surface area (Å²) in [5, 5.41) is 0. The Kier molecular flexibility index (Phi) is 4.56. The standard InChI is InChI=1S/C20H22N2O2/c1-15-12-19(16(2)22(15)14-18-10-7-11-24-18)20(23)21(3)13-17-8-5-4-6-9-17/h4-12H,13-14H2,1-3H3. The van der Waals surface area contributed by atoms with Gasteiger partial charge in [-0.15, -0.1) is 0 Å². The lowest BCUT2D eigenvalue weighted by Crippen LogP contribution is -2.26. The van der Waals surface area contributed by atoms with Crippen molar-refractivity contribution in [2.75, 3.05) is 7.05 Å². The van der Waals surface area contributed by atoms with Crippen molar-refractivity contribution in [3.05, 3.63) is 83.1 Å². The molecule has 0 bridgehead atoms. The Morgan fingerprint density at radius 3 is 2.54 bits per heavy atom. The minimum Gasteiger partial charge on any atom is -0.467 e. The first-order valence-corrected chi connectivity index (χ1v) is 8.04. The molecule has 0 unspecified atom stereocenters. The number of hydrogen-bond acceptors (Lipinski definition) is 2. The highest BCUT2D eigenvalue weighted by atomic mass is 16.3. The fourth-order valence-electron chi connectivity index (χ4n) is 2.95. The van der Waals surface area contributed by atoms with Crippen molar-refractivity contribution < 1.29 is 9.21 Å². The largest absolute Gasteiger partial charge is 0.467 e. The van der Waals surface area contributed by atoms with Crippen LogP contribution in [0.4, 0.5) is 0 Å². The van der Waals surface area contributed by atoms with Crippen LogP contribution in [-0.4, -0.2) is 22.4 Å². The van der Waals surface area contributed by atoms with Gasteiger partial charge in [-0.2, -0.15) is 0 Å². The van der Waals surface area contributed by atoms with E-state index in [1.807, 2.05) is 69.4 Å². The number of benzene rings is 1. The van der Waals surface area contributed by atoms with Crippen molar-refractivity contribution >= 4 is 5.91 Å². The number of amides is 1. The zero-order valence-corrected chi connectivity index (χ0v) is 14.3. The van der Waals surface area contributed by atoms with E-state index in [2.05, 4.69) is 4.57 Å². The van der Waals surface area contributed by atoms with Crippen LogP contribution >= 0.6 is 0 Å². The van der Waals surface area contributed by atoms with Crippen molar-refractivity contribution in [3.63, 3.8) is 0 Å². The van der Waals surface area contributed by atoms with E-state index in [9.17, 15) is 4.79 Å². The van der Waals surface area contributed by atoms with Gasteiger partial charge in [0.25, 0.3) is 5.91 Å². The number of nitrogens with zero attached hydrogens (tertiary/aromatic N) is 2. The molecule has 2 heterocycles. The average Bonchev–Trinajstić information content (AvgIpc) is 3.19. The number of aryl methyl sites for hydroxylation is 1. The Balaban J connectivity index is 1.80. The molecule has 3 rings (SSSR count). The van der Waals surface area contributed by atoms with Crippen LogP contribution in [0.15, 0.2) is 59.2 Å². The molecule has 0 radical (unpaired) electrons. The first-order chi connectivity index (χ1) is 11.6. The second-order valence-electron chi connectivity index (χ2n) is 6.10. The Hall–Kier alpha value is -2.75. The van der Waals surface area contributed by atoms with Crippen molar-refractivity contribution in [3.8, 4) is 0 Å². The summed E-state index contributed by atoms with van der Waals surface area (Å²) >= 11 is 0. The van der Waals surface area contributed by atoms with Gasteiger partial charge in [-0.1, -0.05) is 30.3 Å². The van der Waals surface area contributed by atoms with Crippen LogP contribution in [0.2, 0.25) is 0 Å². The Morgan fingerprint density at radius 1 is 1.12 bits per heavy atom. The van der Waals surface area contributed by atoms with Crippen molar-refractivity contribution in [2.24, 2.45) is 0 Å². The molecule has 0 saturated heterocycles. The number of rotatable bonds is 5. The summed E-state index contributed by atoms with van der Waals surface area (Å²) in [7, 11) is 1.84. The van der Waals surface area contributed by atoms with Gasteiger partial charge >= 0.3 is 0 Å². The van der Waals surface area contributed by atoms with E-state index in [4.69, 9.17) is 4.42 Å². The zero-order valence-electron chi connectivity index (χ0n) is 14.3. The van der Waals surface area contributed by atoms with Crippen LogP contribution in [0.25, 0.3) is 0 Å². The molecular formula is C20H22N2O2. The number of aromatic nitrogens is 1. The number of furan rings is 1. The van der Waals surface area contributed by atoms with Gasteiger partial charge in [0, 0.05) is 25.0 Å². The van der Waals surface area contributed by atoms with Crippen LogP contribution in [0.3, 0.4) is 0 Å². The molecule has 24 heavy (non-hydrogen) atoms. The number of carbonyl (C=O) groups is 1. The third-order valence-electron chi connectivity index (χ3n) is 4.31. The summed E-state index contributed by atoms with van der Waals surface area (Å²) in [5.41, 5.74) is 3.89. The summed E-state index contributed by atoms with van der Waals surface area (Å²) in [6, 6.07) is 15.8. The molecule has 0 fully saturated rings. The van der Waals surface area contributed by atoms with Gasteiger partial charge in [0.05, 0.1) is 18.4 Å². The van der Waals surface area contributed by atoms with E-state index in [1.165, 1.54) is 0 Å². The first kappa shape index (κ1) is 16.1. The Labute approximate surface area is 142 Å². The molecule has 124 valence electrons. The quantitative estimate of drug-likeness (QED) is 0.711. The second kappa shape index (κ2) is 6.79. The van der Waals surface area contributed by atoms with Crippen molar-refractivity contribution in [2.45, 2.75) is 26.9 Å². The van der Waals surface area contributed by atoms with Crippen molar-refractivity contribution in [1.29, 1.82) is 0 Å². The molecule has 2 aromatic heterocycles. The zero-order chi connectivity index (χ0) is 17.1. The molecule has 4 heteroatoms. The van der Waals surface area contributed by atoms with Gasteiger partial charge < -0.3 is 13.9 Å². The molecule has 3 aromatic rings. The highest BCUT2D eigenvalue weighted by molar-refractivity contribution is 5.95. The third-order valence-corrected chi connectivity index (χ3v) is 4.31. The van der Waals surface area contributed by atoms with E-state index >= 15 is 0 Å². The molecule has 0 N–H and O–H groups in total. The average molecular weight is 322 g/mol. The van der Waals surface area contributed by atoms with Gasteiger partial charge in [-0.05, 0) is 37.6 Å². The van der Waals surface area contributed by atoms with Crippen molar-refractivity contribution in [1.82, 2.24) is 9.47 Å². The van der Waals surface area contributed by atoms with Crippen LogP contribution in [0, 0.1) is 13.8 Å². The minimum atomic E-state index is 0.0395. The summed E-state index contributed by atoms with van der Waals surface area (Å²) < 4.78 is 7.54. The maximum atomic E-state index is 12.8. The maximum Gasteiger partial charge on any atom is 0.255 e. The third kappa shape index (κ3) is 3.27. The van der Waals surface area contributed by atoms with Gasteiger partial charge in [0.2, 0.25) is 0 Å². The molecule has 4 nitrogen and oxygen atoms in total. The highest BCUT2D eigenvalue weighted by Gasteiger charge is 2.19. The lowest BCUT2D eigenvalue weighted by Gasteiger charge is -2.17. The van der Waals surface area contributed by atoms with E-state index < -0.39 is 0 Å². The normalized spacial score (nSPS) is 10.8. The Morgan fingerprint density at radius 2 is 1.88 bits per heavy atom.